The minimum Gasteiger partial charge on any atom is -0.469 e. The van der Waals surface area contributed by atoms with Gasteiger partial charge in [0, 0.05) is 12.5 Å². The molecule has 2 aromatic heterocycles. The van der Waals surface area contributed by atoms with Crippen LogP contribution in [0.1, 0.15) is 28.8 Å². The minimum absolute atomic E-state index is 0.169. The van der Waals surface area contributed by atoms with E-state index >= 15 is 0 Å². The van der Waals surface area contributed by atoms with Gasteiger partial charge in [-0.2, -0.15) is 0 Å². The van der Waals surface area contributed by atoms with Gasteiger partial charge in [-0.1, -0.05) is 22.9 Å². The summed E-state index contributed by atoms with van der Waals surface area (Å²) in [7, 11) is 1.32. The molecule has 7 heteroatoms. The number of rotatable bonds is 6. The Morgan fingerprint density at radius 3 is 3.10 bits per heavy atom. The number of ether oxygens (including phenoxy) is 1. The van der Waals surface area contributed by atoms with Gasteiger partial charge in [-0.3, -0.25) is 0 Å². The zero-order valence-corrected chi connectivity index (χ0v) is 12.8. The molecule has 2 heterocycles. The van der Waals surface area contributed by atoms with Crippen LogP contribution >= 0.6 is 22.9 Å². The second-order valence-corrected chi connectivity index (χ2v) is 5.65. The molecule has 108 valence electrons. The molecule has 0 saturated carbocycles. The van der Waals surface area contributed by atoms with Crippen LogP contribution in [0.5, 0.6) is 0 Å². The monoisotopic (exact) mass is 314 g/mol. The zero-order chi connectivity index (χ0) is 14.5. The van der Waals surface area contributed by atoms with Crippen molar-refractivity contribution in [1.29, 1.82) is 0 Å². The number of carbonyl (C=O) groups is 1. The molecule has 1 N–H and O–H groups in total. The van der Waals surface area contributed by atoms with Crippen molar-refractivity contribution >= 4 is 34.0 Å². The quantitative estimate of drug-likeness (QED) is 0.825. The lowest BCUT2D eigenvalue weighted by Crippen LogP contribution is -2.15. The van der Waals surface area contributed by atoms with Gasteiger partial charge in [0.15, 0.2) is 15.2 Å². The molecule has 0 aromatic carbocycles. The van der Waals surface area contributed by atoms with Crippen molar-refractivity contribution in [3.8, 4) is 0 Å². The second kappa shape index (κ2) is 6.76. The van der Waals surface area contributed by atoms with Crippen molar-refractivity contribution in [2.24, 2.45) is 0 Å². The first-order chi connectivity index (χ1) is 9.60. The maximum absolute atomic E-state index is 11.4. The summed E-state index contributed by atoms with van der Waals surface area (Å²) < 4.78 is 9.92. The molecule has 0 saturated heterocycles. The summed E-state index contributed by atoms with van der Waals surface area (Å²) in [6.45, 7) is 2.04. The fourth-order valence-electron chi connectivity index (χ4n) is 1.68. The van der Waals surface area contributed by atoms with E-state index < -0.39 is 5.97 Å². The van der Waals surface area contributed by atoms with E-state index in [-0.39, 0.29) is 11.2 Å². The van der Waals surface area contributed by atoms with E-state index in [1.54, 1.807) is 6.26 Å². The number of carbonyl (C=O) groups excluding carboxylic acids is 1. The summed E-state index contributed by atoms with van der Waals surface area (Å²) in [5.74, 6) is 0.481. The standard InChI is InChI=1S/C13H15ClN2O3S/c1-8(5-6-9-4-3-7-19-9)15-13-16-11(14)10(20-13)12(17)18-2/h3-4,7-8H,5-6H2,1-2H3,(H,15,16). The topological polar surface area (TPSA) is 64.4 Å². The fourth-order valence-corrected chi connectivity index (χ4v) is 2.89. The molecule has 0 aliphatic rings. The first-order valence-electron chi connectivity index (χ1n) is 6.13. The smallest absolute Gasteiger partial charge is 0.351 e. The van der Waals surface area contributed by atoms with Gasteiger partial charge < -0.3 is 14.5 Å². The maximum Gasteiger partial charge on any atom is 0.351 e. The Balaban J connectivity index is 1.91. The Bertz CT molecular complexity index is 568. The Labute approximate surface area is 125 Å². The van der Waals surface area contributed by atoms with Crippen LogP contribution in [0.15, 0.2) is 22.8 Å². The summed E-state index contributed by atoms with van der Waals surface area (Å²) in [6.07, 6.45) is 3.39. The van der Waals surface area contributed by atoms with Crippen LogP contribution in [0.25, 0.3) is 0 Å². The van der Waals surface area contributed by atoms with Crippen molar-refractivity contribution in [2.45, 2.75) is 25.8 Å². The van der Waals surface area contributed by atoms with E-state index in [0.717, 1.165) is 18.6 Å². The second-order valence-electron chi connectivity index (χ2n) is 4.29. The molecular formula is C13H15ClN2O3S. The highest BCUT2D eigenvalue weighted by molar-refractivity contribution is 7.18. The molecular weight excluding hydrogens is 300 g/mol. The average Bonchev–Trinajstić information content (AvgIpc) is 3.05. The lowest BCUT2D eigenvalue weighted by atomic mass is 10.1. The lowest BCUT2D eigenvalue weighted by Gasteiger charge is -2.11. The van der Waals surface area contributed by atoms with Crippen LogP contribution in [-0.2, 0) is 11.2 Å². The highest BCUT2D eigenvalue weighted by Gasteiger charge is 2.18. The molecule has 2 rings (SSSR count). The summed E-state index contributed by atoms with van der Waals surface area (Å²) >= 11 is 7.10. The maximum atomic E-state index is 11.4. The molecule has 2 aromatic rings. The van der Waals surface area contributed by atoms with Crippen LogP contribution in [0, 0.1) is 0 Å². The molecule has 5 nitrogen and oxygen atoms in total. The fraction of sp³-hybridized carbons (Fsp3) is 0.385. The number of hydrogen-bond acceptors (Lipinski definition) is 6. The third kappa shape index (κ3) is 3.74. The number of esters is 1. The minimum atomic E-state index is -0.469. The molecule has 0 fully saturated rings. The molecule has 0 bridgehead atoms. The summed E-state index contributed by atoms with van der Waals surface area (Å²) in [5, 5.41) is 4.00. The van der Waals surface area contributed by atoms with E-state index in [2.05, 4.69) is 15.0 Å². The molecule has 0 aliphatic heterocycles. The van der Waals surface area contributed by atoms with E-state index in [0.29, 0.717) is 10.0 Å². The van der Waals surface area contributed by atoms with Crippen molar-refractivity contribution in [2.75, 3.05) is 12.4 Å². The van der Waals surface area contributed by atoms with Gasteiger partial charge in [0.1, 0.15) is 5.76 Å². The predicted molar refractivity (Wildman–Crippen MR) is 78.6 cm³/mol. The number of thiazole rings is 1. The Morgan fingerprint density at radius 1 is 1.65 bits per heavy atom. The zero-order valence-electron chi connectivity index (χ0n) is 11.2. The summed E-state index contributed by atoms with van der Waals surface area (Å²) in [5.41, 5.74) is 0. The number of hydrogen-bond donors (Lipinski definition) is 1. The van der Waals surface area contributed by atoms with Gasteiger partial charge in [0.25, 0.3) is 0 Å². The number of methoxy groups -OCH3 is 1. The van der Waals surface area contributed by atoms with Gasteiger partial charge in [-0.15, -0.1) is 0 Å². The number of halogens is 1. The first-order valence-corrected chi connectivity index (χ1v) is 7.33. The third-order valence-corrected chi connectivity index (χ3v) is 4.08. The number of anilines is 1. The molecule has 0 radical (unpaired) electrons. The molecule has 0 amide bonds. The Kier molecular flexibility index (Phi) is 5.03. The molecule has 0 spiro atoms. The normalized spacial score (nSPS) is 12.2. The van der Waals surface area contributed by atoms with Crippen molar-refractivity contribution in [3.05, 3.63) is 34.2 Å². The number of nitrogens with zero attached hydrogens (tertiary/aromatic N) is 1. The summed E-state index contributed by atoms with van der Waals surface area (Å²) in [6, 6.07) is 4.01. The Morgan fingerprint density at radius 2 is 2.45 bits per heavy atom. The van der Waals surface area contributed by atoms with Gasteiger partial charge in [-0.25, -0.2) is 9.78 Å². The van der Waals surface area contributed by atoms with Gasteiger partial charge >= 0.3 is 5.97 Å². The average molecular weight is 315 g/mol. The highest BCUT2D eigenvalue weighted by Crippen LogP contribution is 2.28. The van der Waals surface area contributed by atoms with E-state index in [1.807, 2.05) is 19.1 Å². The van der Waals surface area contributed by atoms with Crippen LogP contribution < -0.4 is 5.32 Å². The molecule has 1 unspecified atom stereocenters. The Hall–Kier alpha value is -1.53. The van der Waals surface area contributed by atoms with Gasteiger partial charge in [0.05, 0.1) is 13.4 Å². The van der Waals surface area contributed by atoms with E-state index in [4.69, 9.17) is 16.0 Å². The van der Waals surface area contributed by atoms with E-state index in [9.17, 15) is 4.79 Å². The van der Waals surface area contributed by atoms with Crippen molar-refractivity contribution in [3.63, 3.8) is 0 Å². The first kappa shape index (κ1) is 14.9. The third-order valence-electron chi connectivity index (χ3n) is 2.73. The number of furan rings is 1. The largest absolute Gasteiger partial charge is 0.469 e. The molecule has 1 atom stereocenters. The number of aromatic nitrogens is 1. The van der Waals surface area contributed by atoms with Crippen LogP contribution in [0.2, 0.25) is 5.15 Å². The van der Waals surface area contributed by atoms with Crippen LogP contribution in [0.4, 0.5) is 5.13 Å². The van der Waals surface area contributed by atoms with Crippen molar-refractivity contribution in [1.82, 2.24) is 4.98 Å². The van der Waals surface area contributed by atoms with Crippen molar-refractivity contribution < 1.29 is 13.9 Å². The molecule has 20 heavy (non-hydrogen) atoms. The molecule has 0 aliphatic carbocycles. The lowest BCUT2D eigenvalue weighted by molar-refractivity contribution is 0.0606. The highest BCUT2D eigenvalue weighted by atomic mass is 35.5. The number of aryl methyl sites for hydroxylation is 1. The van der Waals surface area contributed by atoms with Gasteiger partial charge in [0.2, 0.25) is 0 Å². The summed E-state index contributed by atoms with van der Waals surface area (Å²) in [4.78, 5) is 15.9. The van der Waals surface area contributed by atoms with E-state index in [1.165, 1.54) is 18.4 Å². The van der Waals surface area contributed by atoms with Crippen LogP contribution in [0.3, 0.4) is 0 Å². The number of nitrogens with one attached hydrogen (secondary N) is 1. The van der Waals surface area contributed by atoms with Crippen LogP contribution in [-0.4, -0.2) is 24.1 Å². The van der Waals surface area contributed by atoms with Gasteiger partial charge in [-0.05, 0) is 25.5 Å². The SMILES string of the molecule is COC(=O)c1sc(NC(C)CCc2ccco2)nc1Cl. The predicted octanol–water partition coefficient (Wildman–Crippen LogP) is 3.61.